The summed E-state index contributed by atoms with van der Waals surface area (Å²) >= 11 is 0. The minimum absolute atomic E-state index is 0.0388. The van der Waals surface area contributed by atoms with E-state index in [9.17, 15) is 23.5 Å². The number of amides is 2. The number of nitrogens with one attached hydrogen (secondary N) is 2. The van der Waals surface area contributed by atoms with Crippen LogP contribution in [0.25, 0.3) is 0 Å². The molecule has 0 aromatic heterocycles. The molecule has 0 aliphatic carbocycles. The number of phenols is 1. The molecule has 2 amide bonds. The van der Waals surface area contributed by atoms with Gasteiger partial charge in [-0.25, -0.2) is 14.2 Å². The molecule has 2 aromatic carbocycles. The number of hydrogen-bond donors (Lipinski definition) is 3. The van der Waals surface area contributed by atoms with Gasteiger partial charge in [-0.2, -0.15) is 5.10 Å². The van der Waals surface area contributed by atoms with Crippen LogP contribution >= 0.6 is 0 Å². The average molecular weight is 347 g/mol. The first-order chi connectivity index (χ1) is 11.9. The van der Waals surface area contributed by atoms with E-state index in [1.807, 2.05) is 0 Å². The molecular weight excluding hydrogens is 332 g/mol. The standard InChI is InChI=1S/C17H15F2N3O3/c1-10(21-22-17(25)12-4-2-3-5-15(12)23)8-16(24)20-14-7-6-11(18)9-13(14)19/h2-7,9,23H,8H2,1H3,(H,20,24)(H,22,25)/b21-10+. The number of phenolic OH excluding ortho intramolecular Hbond substituents is 1. The Kier molecular flexibility index (Phi) is 5.78. The summed E-state index contributed by atoms with van der Waals surface area (Å²) in [5.74, 6) is -3.06. The van der Waals surface area contributed by atoms with Crippen LogP contribution in [0, 0.1) is 11.6 Å². The van der Waals surface area contributed by atoms with Crippen molar-refractivity contribution in [2.45, 2.75) is 13.3 Å². The highest BCUT2D eigenvalue weighted by Crippen LogP contribution is 2.16. The normalized spacial score (nSPS) is 11.1. The summed E-state index contributed by atoms with van der Waals surface area (Å²) in [4.78, 5) is 23.7. The van der Waals surface area contributed by atoms with Crippen LogP contribution in [-0.4, -0.2) is 22.6 Å². The van der Waals surface area contributed by atoms with Crippen molar-refractivity contribution in [3.63, 3.8) is 0 Å². The van der Waals surface area contributed by atoms with Gasteiger partial charge >= 0.3 is 0 Å². The Morgan fingerprint density at radius 2 is 1.88 bits per heavy atom. The minimum Gasteiger partial charge on any atom is -0.507 e. The Morgan fingerprint density at radius 1 is 1.16 bits per heavy atom. The molecule has 3 N–H and O–H groups in total. The fourth-order valence-corrected chi connectivity index (χ4v) is 1.93. The van der Waals surface area contributed by atoms with E-state index in [2.05, 4.69) is 15.8 Å². The van der Waals surface area contributed by atoms with Gasteiger partial charge in [0.05, 0.1) is 17.7 Å². The van der Waals surface area contributed by atoms with E-state index in [1.54, 1.807) is 12.1 Å². The molecule has 0 fully saturated rings. The van der Waals surface area contributed by atoms with Crippen molar-refractivity contribution < 1.29 is 23.5 Å². The summed E-state index contributed by atoms with van der Waals surface area (Å²) in [5.41, 5.74) is 2.35. The quantitative estimate of drug-likeness (QED) is 0.574. The van der Waals surface area contributed by atoms with E-state index < -0.39 is 23.4 Å². The third-order valence-corrected chi connectivity index (χ3v) is 3.12. The van der Waals surface area contributed by atoms with Crippen molar-refractivity contribution in [2.75, 3.05) is 5.32 Å². The van der Waals surface area contributed by atoms with E-state index in [4.69, 9.17) is 0 Å². The highest BCUT2D eigenvalue weighted by Gasteiger charge is 2.11. The van der Waals surface area contributed by atoms with Gasteiger partial charge in [0.2, 0.25) is 5.91 Å². The number of benzene rings is 2. The highest BCUT2D eigenvalue weighted by atomic mass is 19.1. The fourth-order valence-electron chi connectivity index (χ4n) is 1.93. The summed E-state index contributed by atoms with van der Waals surface area (Å²) in [5, 5.41) is 15.6. The number of carbonyl (C=O) groups is 2. The summed E-state index contributed by atoms with van der Waals surface area (Å²) in [7, 11) is 0. The maximum atomic E-state index is 13.5. The minimum atomic E-state index is -0.893. The summed E-state index contributed by atoms with van der Waals surface area (Å²) in [6.45, 7) is 1.49. The molecule has 0 radical (unpaired) electrons. The van der Waals surface area contributed by atoms with Gasteiger partial charge < -0.3 is 10.4 Å². The molecular formula is C17H15F2N3O3. The van der Waals surface area contributed by atoms with Gasteiger partial charge in [0.1, 0.15) is 17.4 Å². The van der Waals surface area contributed by atoms with Crippen LogP contribution in [0.1, 0.15) is 23.7 Å². The van der Waals surface area contributed by atoms with E-state index >= 15 is 0 Å². The maximum Gasteiger partial charge on any atom is 0.275 e. The summed E-state index contributed by atoms with van der Waals surface area (Å²) in [6, 6.07) is 8.70. The molecule has 0 aliphatic rings. The zero-order valence-corrected chi connectivity index (χ0v) is 13.2. The largest absolute Gasteiger partial charge is 0.507 e. The van der Waals surface area contributed by atoms with Crippen molar-refractivity contribution in [3.05, 3.63) is 59.7 Å². The lowest BCUT2D eigenvalue weighted by Crippen LogP contribution is -2.21. The molecule has 0 saturated heterocycles. The van der Waals surface area contributed by atoms with Crippen LogP contribution in [0.5, 0.6) is 5.75 Å². The highest BCUT2D eigenvalue weighted by molar-refractivity contribution is 6.06. The first-order valence-electron chi connectivity index (χ1n) is 7.23. The van der Waals surface area contributed by atoms with Gasteiger partial charge in [0.25, 0.3) is 5.91 Å². The molecule has 0 unspecified atom stereocenters. The second-order valence-corrected chi connectivity index (χ2v) is 5.15. The molecule has 0 saturated carbocycles. The second-order valence-electron chi connectivity index (χ2n) is 5.15. The number of halogens is 2. The smallest absolute Gasteiger partial charge is 0.275 e. The Balaban J connectivity index is 1.93. The molecule has 2 rings (SSSR count). The zero-order valence-electron chi connectivity index (χ0n) is 13.2. The number of aromatic hydroxyl groups is 1. The Hall–Kier alpha value is -3.29. The third-order valence-electron chi connectivity index (χ3n) is 3.12. The van der Waals surface area contributed by atoms with E-state index in [0.29, 0.717) is 6.07 Å². The van der Waals surface area contributed by atoms with E-state index in [1.165, 1.54) is 19.1 Å². The van der Waals surface area contributed by atoms with Gasteiger partial charge in [-0.1, -0.05) is 12.1 Å². The van der Waals surface area contributed by atoms with E-state index in [0.717, 1.165) is 12.1 Å². The summed E-state index contributed by atoms with van der Waals surface area (Å²) in [6.07, 6.45) is -0.210. The first-order valence-corrected chi connectivity index (χ1v) is 7.23. The van der Waals surface area contributed by atoms with Crippen molar-refractivity contribution in [2.24, 2.45) is 5.10 Å². The Morgan fingerprint density at radius 3 is 2.56 bits per heavy atom. The Labute approximate surface area is 142 Å². The molecule has 2 aromatic rings. The number of carbonyl (C=O) groups excluding carboxylic acids is 2. The summed E-state index contributed by atoms with van der Waals surface area (Å²) < 4.78 is 26.3. The number of nitrogens with zero attached hydrogens (tertiary/aromatic N) is 1. The molecule has 8 heteroatoms. The number of hydrogen-bond acceptors (Lipinski definition) is 4. The van der Waals surface area contributed by atoms with E-state index in [-0.39, 0.29) is 29.1 Å². The van der Waals surface area contributed by atoms with Crippen molar-refractivity contribution >= 4 is 23.2 Å². The molecule has 6 nitrogen and oxygen atoms in total. The number of para-hydroxylation sites is 1. The number of rotatable bonds is 5. The number of anilines is 1. The lowest BCUT2D eigenvalue weighted by molar-refractivity contribution is -0.115. The molecule has 0 heterocycles. The van der Waals surface area contributed by atoms with Crippen molar-refractivity contribution in [1.82, 2.24) is 5.43 Å². The molecule has 130 valence electrons. The van der Waals surface area contributed by atoms with Crippen LogP contribution < -0.4 is 10.7 Å². The predicted molar refractivity (Wildman–Crippen MR) is 88.3 cm³/mol. The van der Waals surface area contributed by atoms with Crippen LogP contribution in [0.2, 0.25) is 0 Å². The average Bonchev–Trinajstić information content (AvgIpc) is 2.55. The molecule has 25 heavy (non-hydrogen) atoms. The molecule has 0 spiro atoms. The zero-order chi connectivity index (χ0) is 18.4. The lowest BCUT2D eigenvalue weighted by atomic mass is 10.2. The first kappa shape index (κ1) is 18.1. The van der Waals surface area contributed by atoms with Gasteiger partial charge in [-0.05, 0) is 31.2 Å². The fraction of sp³-hybridized carbons (Fsp3) is 0.118. The molecule has 0 aliphatic heterocycles. The van der Waals surface area contributed by atoms with Gasteiger partial charge in [-0.15, -0.1) is 0 Å². The third kappa shape index (κ3) is 5.10. The van der Waals surface area contributed by atoms with Crippen LogP contribution in [-0.2, 0) is 4.79 Å². The van der Waals surface area contributed by atoms with Gasteiger partial charge in [0.15, 0.2) is 0 Å². The van der Waals surface area contributed by atoms with Gasteiger partial charge in [-0.3, -0.25) is 9.59 Å². The number of hydrazone groups is 1. The van der Waals surface area contributed by atoms with Crippen LogP contribution in [0.4, 0.5) is 14.5 Å². The Bertz CT molecular complexity index is 838. The lowest BCUT2D eigenvalue weighted by Gasteiger charge is -2.07. The SMILES string of the molecule is C/C(CC(=O)Nc1ccc(F)cc1F)=N\NC(=O)c1ccccc1O. The maximum absolute atomic E-state index is 13.5. The van der Waals surface area contributed by atoms with Crippen molar-refractivity contribution in [3.8, 4) is 5.75 Å². The van der Waals surface area contributed by atoms with Gasteiger partial charge in [0, 0.05) is 11.8 Å². The van der Waals surface area contributed by atoms with Crippen LogP contribution in [0.15, 0.2) is 47.6 Å². The molecule has 0 atom stereocenters. The molecule has 0 bridgehead atoms. The topological polar surface area (TPSA) is 90.8 Å². The van der Waals surface area contributed by atoms with Crippen LogP contribution in [0.3, 0.4) is 0 Å². The van der Waals surface area contributed by atoms with Crippen molar-refractivity contribution in [1.29, 1.82) is 0 Å². The monoisotopic (exact) mass is 347 g/mol. The predicted octanol–water partition coefficient (Wildman–Crippen LogP) is 2.80. The second kappa shape index (κ2) is 8.00.